The minimum absolute atomic E-state index is 0.0767. The number of hydrogen-bond donors (Lipinski definition) is 1. The molecule has 35 heavy (non-hydrogen) atoms. The number of fused-ring (bicyclic) bond motifs is 6. The van der Waals surface area contributed by atoms with Crippen molar-refractivity contribution in [2.24, 2.45) is 4.99 Å². The molecule has 12 heteroatoms. The summed E-state index contributed by atoms with van der Waals surface area (Å²) in [5.41, 5.74) is 3.30. The van der Waals surface area contributed by atoms with E-state index in [0.717, 1.165) is 56.8 Å². The van der Waals surface area contributed by atoms with Crippen molar-refractivity contribution in [1.29, 1.82) is 0 Å². The Morgan fingerprint density at radius 1 is 0.943 bits per heavy atom. The van der Waals surface area contributed by atoms with Crippen LogP contribution >= 0.6 is 45.9 Å². The number of aliphatic imine (C=N–C) groups is 1. The third-order valence-corrected chi connectivity index (χ3v) is 9.10. The van der Waals surface area contributed by atoms with Gasteiger partial charge in [0, 0.05) is 47.3 Å². The van der Waals surface area contributed by atoms with Crippen LogP contribution in [0.5, 0.6) is 0 Å². The van der Waals surface area contributed by atoms with E-state index in [9.17, 15) is 4.79 Å². The van der Waals surface area contributed by atoms with Crippen LogP contribution in [0.25, 0.3) is 20.4 Å². The van der Waals surface area contributed by atoms with E-state index < -0.39 is 0 Å². The second kappa shape index (κ2) is 9.51. The minimum Gasteiger partial charge on any atom is -0.333 e. The van der Waals surface area contributed by atoms with Gasteiger partial charge in [0.15, 0.2) is 0 Å². The van der Waals surface area contributed by atoms with Crippen LogP contribution in [-0.2, 0) is 30.7 Å². The highest BCUT2D eigenvalue weighted by Gasteiger charge is 2.27. The molecular weight excluding hydrogens is 525 g/mol. The Hall–Kier alpha value is -2.50. The van der Waals surface area contributed by atoms with Crippen molar-refractivity contribution in [2.45, 2.75) is 32.4 Å². The summed E-state index contributed by atoms with van der Waals surface area (Å²) in [6.07, 6.45) is 8.88. The van der Waals surface area contributed by atoms with E-state index in [4.69, 9.17) is 23.2 Å². The second-order valence-corrected chi connectivity index (χ2v) is 11.2. The summed E-state index contributed by atoms with van der Waals surface area (Å²) >= 11 is 15.6. The molecule has 1 N–H and O–H groups in total. The van der Waals surface area contributed by atoms with E-state index in [1.165, 1.54) is 28.7 Å². The first-order chi connectivity index (χ1) is 17.1. The fraction of sp³-hybridized carbons (Fsp3) is 0.304. The number of rotatable bonds is 1. The van der Waals surface area contributed by atoms with Gasteiger partial charge in [-0.2, -0.15) is 0 Å². The molecule has 0 saturated heterocycles. The Bertz CT molecular complexity index is 1530. The molecule has 0 aromatic carbocycles. The second-order valence-electron chi connectivity index (χ2n) is 8.29. The zero-order valence-electron chi connectivity index (χ0n) is 18.4. The first kappa shape index (κ1) is 22.9. The van der Waals surface area contributed by atoms with Crippen molar-refractivity contribution in [3.05, 3.63) is 55.6 Å². The number of halogens is 2. The van der Waals surface area contributed by atoms with Gasteiger partial charge >= 0.3 is 0 Å². The Morgan fingerprint density at radius 3 is 2.31 bits per heavy atom. The highest BCUT2D eigenvalue weighted by atomic mass is 35.5. The Morgan fingerprint density at radius 2 is 1.63 bits per heavy atom. The van der Waals surface area contributed by atoms with Gasteiger partial charge in [-0.3, -0.25) is 9.79 Å². The van der Waals surface area contributed by atoms with E-state index in [1.54, 1.807) is 35.1 Å². The van der Waals surface area contributed by atoms with E-state index in [1.807, 2.05) is 4.90 Å². The summed E-state index contributed by atoms with van der Waals surface area (Å²) < 4.78 is 0. The smallest absolute Gasteiger partial charge is 0.252 e. The summed E-state index contributed by atoms with van der Waals surface area (Å²) in [5, 5.41) is 6.46. The molecule has 1 amide bonds. The van der Waals surface area contributed by atoms with Crippen LogP contribution in [0.4, 0.5) is 0 Å². The molecule has 4 aromatic rings. The van der Waals surface area contributed by atoms with Crippen LogP contribution in [0, 0.1) is 0 Å². The number of thiophene rings is 2. The molecular formula is C23H19Cl2N7OS2. The first-order valence-electron chi connectivity index (χ1n) is 11.1. The lowest BCUT2D eigenvalue weighted by atomic mass is 10.0. The predicted molar refractivity (Wildman–Crippen MR) is 141 cm³/mol. The normalized spacial score (nSPS) is 16.6. The maximum atomic E-state index is 12.4. The van der Waals surface area contributed by atoms with Gasteiger partial charge in [-0.25, -0.2) is 19.9 Å². The fourth-order valence-corrected chi connectivity index (χ4v) is 7.54. The van der Waals surface area contributed by atoms with Gasteiger partial charge in [0.2, 0.25) is 0 Å². The summed E-state index contributed by atoms with van der Waals surface area (Å²) in [7, 11) is 0. The molecule has 7 rings (SSSR count). The van der Waals surface area contributed by atoms with E-state index in [-0.39, 0.29) is 5.91 Å². The molecule has 3 aliphatic heterocycles. The maximum Gasteiger partial charge on any atom is 0.252 e. The van der Waals surface area contributed by atoms with Crippen molar-refractivity contribution in [1.82, 2.24) is 30.2 Å². The van der Waals surface area contributed by atoms with Crippen molar-refractivity contribution in [2.75, 3.05) is 13.1 Å². The Kier molecular flexibility index (Phi) is 6.23. The minimum atomic E-state index is 0.0767. The molecule has 0 saturated carbocycles. The van der Waals surface area contributed by atoms with Crippen molar-refractivity contribution in [3.8, 4) is 0 Å². The average Bonchev–Trinajstić information content (AvgIpc) is 3.61. The summed E-state index contributed by atoms with van der Waals surface area (Å²) in [6, 6.07) is 0. The van der Waals surface area contributed by atoms with Crippen LogP contribution in [0.1, 0.15) is 27.3 Å². The number of carbonyl (C=O) groups excluding carboxylic acids is 1. The highest BCUT2D eigenvalue weighted by molar-refractivity contribution is 7.19. The third-order valence-electron chi connectivity index (χ3n) is 6.26. The number of amides is 1. The molecule has 0 atom stereocenters. The first-order valence-corrected chi connectivity index (χ1v) is 13.5. The van der Waals surface area contributed by atoms with Gasteiger partial charge in [-0.05, 0) is 30.5 Å². The lowest BCUT2D eigenvalue weighted by Crippen LogP contribution is -2.36. The fourth-order valence-electron chi connectivity index (χ4n) is 4.58. The van der Waals surface area contributed by atoms with Crippen molar-refractivity contribution >= 4 is 78.4 Å². The van der Waals surface area contributed by atoms with Gasteiger partial charge in [0.1, 0.15) is 32.6 Å². The lowest BCUT2D eigenvalue weighted by molar-refractivity contribution is -0.128. The maximum absolute atomic E-state index is 12.4. The van der Waals surface area contributed by atoms with Crippen LogP contribution in [0.3, 0.4) is 0 Å². The van der Waals surface area contributed by atoms with E-state index in [2.05, 4.69) is 30.2 Å². The molecule has 0 spiro atoms. The molecule has 0 fully saturated rings. The Balaban J connectivity index is 0.000000141. The third kappa shape index (κ3) is 4.23. The molecule has 7 heterocycles. The molecule has 0 bridgehead atoms. The number of nitrogens with zero attached hydrogens (tertiary/aromatic N) is 6. The van der Waals surface area contributed by atoms with Crippen LogP contribution in [-0.4, -0.2) is 50.0 Å². The van der Waals surface area contributed by atoms with Gasteiger partial charge < -0.3 is 10.2 Å². The number of carbonyl (C=O) groups is 1. The summed E-state index contributed by atoms with van der Waals surface area (Å²) in [4.78, 5) is 39.3. The van der Waals surface area contributed by atoms with Crippen LogP contribution in [0.15, 0.2) is 29.4 Å². The van der Waals surface area contributed by atoms with Gasteiger partial charge in [-0.15, -0.1) is 22.7 Å². The van der Waals surface area contributed by atoms with Gasteiger partial charge in [-0.1, -0.05) is 23.2 Å². The molecule has 0 aliphatic carbocycles. The molecule has 0 unspecified atom stereocenters. The average molecular weight is 544 g/mol. The van der Waals surface area contributed by atoms with E-state index in [0.29, 0.717) is 29.8 Å². The SMILES string of the molecule is Clc1ncnc2sc3c(c12)CCNC3.O=C(C1=CN=CC1)N1CCc2c(sc3ncnc(Cl)c23)C1. The predicted octanol–water partition coefficient (Wildman–Crippen LogP) is 4.58. The van der Waals surface area contributed by atoms with Crippen LogP contribution < -0.4 is 5.32 Å². The molecule has 4 aromatic heterocycles. The summed E-state index contributed by atoms with van der Waals surface area (Å²) in [5.74, 6) is 0.0767. The molecule has 0 radical (unpaired) electrons. The quantitative estimate of drug-likeness (QED) is 0.353. The zero-order chi connectivity index (χ0) is 23.9. The van der Waals surface area contributed by atoms with Gasteiger partial charge in [0.25, 0.3) is 5.91 Å². The zero-order valence-corrected chi connectivity index (χ0v) is 21.6. The highest BCUT2D eigenvalue weighted by Crippen LogP contribution is 2.37. The molecule has 3 aliphatic rings. The molecule has 8 nitrogen and oxygen atoms in total. The Labute approximate surface area is 218 Å². The lowest BCUT2D eigenvalue weighted by Gasteiger charge is -2.27. The number of nitrogens with one attached hydrogen (secondary N) is 1. The van der Waals surface area contributed by atoms with Crippen molar-refractivity contribution in [3.63, 3.8) is 0 Å². The standard InChI is InChI=1S/C14H11ClN4OS.C9H8ClN3S/c15-12-11-9-2-4-19(14(20)8-1-3-16-5-8)6-10(9)21-13(11)18-7-17-12;10-8-7-5-1-2-11-3-6(5)14-9(7)13-4-12-8/h3,5,7H,1-2,4,6H2;4,11H,1-3H2. The van der Waals surface area contributed by atoms with E-state index >= 15 is 0 Å². The van der Waals surface area contributed by atoms with Crippen molar-refractivity contribution < 1.29 is 4.79 Å². The largest absolute Gasteiger partial charge is 0.333 e. The topological polar surface area (TPSA) is 96.3 Å². The van der Waals surface area contributed by atoms with Gasteiger partial charge in [0.05, 0.1) is 17.3 Å². The number of hydrogen-bond acceptors (Lipinski definition) is 9. The number of aromatic nitrogens is 4. The summed E-state index contributed by atoms with van der Waals surface area (Å²) in [6.45, 7) is 3.26. The monoisotopic (exact) mass is 543 g/mol. The molecule has 178 valence electrons. The van der Waals surface area contributed by atoms with Crippen LogP contribution in [0.2, 0.25) is 10.3 Å².